The summed E-state index contributed by atoms with van der Waals surface area (Å²) in [7, 11) is 0. The molecule has 1 aliphatic heterocycles. The predicted molar refractivity (Wildman–Crippen MR) is 143 cm³/mol. The van der Waals surface area contributed by atoms with Gasteiger partial charge in [-0.1, -0.05) is 80.3 Å². The number of likely N-dealkylation sites (tertiary alicyclic amines) is 1. The number of rotatable bonds is 12. The summed E-state index contributed by atoms with van der Waals surface area (Å²) in [4.78, 5) is 35.4. The van der Waals surface area contributed by atoms with Crippen LogP contribution in [0.5, 0.6) is 0 Å². The summed E-state index contributed by atoms with van der Waals surface area (Å²) < 4.78 is 0. The van der Waals surface area contributed by atoms with Gasteiger partial charge in [-0.2, -0.15) is 0 Å². The van der Waals surface area contributed by atoms with Crippen molar-refractivity contribution in [3.8, 4) is 0 Å². The standard InChI is InChI=1S/C29H35ClN4O2/c1-2-3-7-16-29(23-8-5-4-6-9-23)19-34(20-29)28(36)26(17-22-10-12-24(30)13-11-22)33-27(35)15-14-25-18-31-21-32-25/h4-6,8-13,18,21,26H,2-3,7,14-17,19-20H2,1H3,(H,31,32)(H,33,35)/t26-/m1/s1. The molecule has 6 nitrogen and oxygen atoms in total. The maximum atomic E-state index is 13.7. The van der Waals surface area contributed by atoms with E-state index in [1.54, 1.807) is 12.5 Å². The summed E-state index contributed by atoms with van der Waals surface area (Å²) in [5.41, 5.74) is 3.14. The molecule has 3 aromatic rings. The van der Waals surface area contributed by atoms with E-state index in [9.17, 15) is 9.59 Å². The van der Waals surface area contributed by atoms with Crippen molar-refractivity contribution in [2.24, 2.45) is 0 Å². The fourth-order valence-corrected chi connectivity index (χ4v) is 5.17. The highest BCUT2D eigenvalue weighted by atomic mass is 35.5. The first-order valence-corrected chi connectivity index (χ1v) is 13.2. The summed E-state index contributed by atoms with van der Waals surface area (Å²) in [6.07, 6.45) is 9.14. The first-order valence-electron chi connectivity index (χ1n) is 12.8. The van der Waals surface area contributed by atoms with Crippen LogP contribution in [0.15, 0.2) is 67.1 Å². The van der Waals surface area contributed by atoms with Crippen molar-refractivity contribution >= 4 is 23.4 Å². The Morgan fingerprint density at radius 3 is 2.53 bits per heavy atom. The third kappa shape index (κ3) is 6.55. The third-order valence-corrected chi connectivity index (χ3v) is 7.36. The Labute approximate surface area is 218 Å². The number of aromatic amines is 1. The molecule has 2 N–H and O–H groups in total. The van der Waals surface area contributed by atoms with E-state index in [4.69, 9.17) is 11.6 Å². The van der Waals surface area contributed by atoms with Crippen molar-refractivity contribution in [2.75, 3.05) is 13.1 Å². The number of H-pyrrole nitrogens is 1. The Hall–Kier alpha value is -3.12. The number of carbonyl (C=O) groups is 2. The third-order valence-electron chi connectivity index (χ3n) is 7.11. The zero-order chi connectivity index (χ0) is 25.4. The lowest BCUT2D eigenvalue weighted by Gasteiger charge is -2.52. The second-order valence-electron chi connectivity index (χ2n) is 9.83. The van der Waals surface area contributed by atoms with Crippen LogP contribution in [-0.2, 0) is 27.8 Å². The van der Waals surface area contributed by atoms with Gasteiger partial charge in [0.2, 0.25) is 11.8 Å². The summed E-state index contributed by atoms with van der Waals surface area (Å²) in [6, 6.07) is 17.4. The minimum atomic E-state index is -0.621. The molecule has 0 radical (unpaired) electrons. The molecule has 7 heteroatoms. The van der Waals surface area contributed by atoms with E-state index in [0.29, 0.717) is 31.0 Å². The number of carbonyl (C=O) groups excluding carboxylic acids is 2. The van der Waals surface area contributed by atoms with Crippen LogP contribution in [0.2, 0.25) is 5.02 Å². The maximum Gasteiger partial charge on any atom is 0.245 e. The molecule has 4 rings (SSSR count). The Balaban J connectivity index is 1.45. The lowest BCUT2D eigenvalue weighted by Crippen LogP contribution is -2.64. The number of halogens is 1. The number of aromatic nitrogens is 2. The van der Waals surface area contributed by atoms with Crippen molar-refractivity contribution in [1.29, 1.82) is 0 Å². The van der Waals surface area contributed by atoms with Crippen LogP contribution in [0.25, 0.3) is 0 Å². The lowest BCUT2D eigenvalue weighted by atomic mass is 9.70. The van der Waals surface area contributed by atoms with Gasteiger partial charge < -0.3 is 15.2 Å². The highest BCUT2D eigenvalue weighted by Gasteiger charge is 2.47. The summed E-state index contributed by atoms with van der Waals surface area (Å²) in [5, 5.41) is 3.66. The molecule has 1 saturated heterocycles. The van der Waals surface area contributed by atoms with Gasteiger partial charge in [-0.25, -0.2) is 4.98 Å². The zero-order valence-corrected chi connectivity index (χ0v) is 21.6. The summed E-state index contributed by atoms with van der Waals surface area (Å²) in [6.45, 7) is 3.57. The fourth-order valence-electron chi connectivity index (χ4n) is 5.04. The number of imidazole rings is 1. The molecule has 2 amide bonds. The van der Waals surface area contributed by atoms with Crippen LogP contribution in [0.4, 0.5) is 0 Å². The van der Waals surface area contributed by atoms with Crippen molar-refractivity contribution in [1.82, 2.24) is 20.2 Å². The largest absolute Gasteiger partial charge is 0.348 e. The van der Waals surface area contributed by atoms with E-state index < -0.39 is 6.04 Å². The van der Waals surface area contributed by atoms with Crippen molar-refractivity contribution < 1.29 is 9.59 Å². The molecule has 1 aliphatic rings. The quantitative estimate of drug-likeness (QED) is 0.336. The number of hydrogen-bond acceptors (Lipinski definition) is 3. The average molecular weight is 507 g/mol. The second kappa shape index (κ2) is 12.2. The molecule has 0 bridgehead atoms. The smallest absolute Gasteiger partial charge is 0.245 e. The number of hydrogen-bond donors (Lipinski definition) is 2. The van der Waals surface area contributed by atoms with E-state index >= 15 is 0 Å². The van der Waals surface area contributed by atoms with E-state index in [2.05, 4.69) is 46.5 Å². The highest BCUT2D eigenvalue weighted by Crippen LogP contribution is 2.39. The molecule has 0 spiro atoms. The second-order valence-corrected chi connectivity index (χ2v) is 10.3. The van der Waals surface area contributed by atoms with Crippen LogP contribution in [0.1, 0.15) is 55.8 Å². The van der Waals surface area contributed by atoms with E-state index in [0.717, 1.165) is 24.1 Å². The summed E-state index contributed by atoms with van der Waals surface area (Å²) in [5.74, 6) is -0.170. The van der Waals surface area contributed by atoms with Gasteiger partial charge in [0.05, 0.1) is 6.33 Å². The Morgan fingerprint density at radius 2 is 1.86 bits per heavy atom. The summed E-state index contributed by atoms with van der Waals surface area (Å²) >= 11 is 6.06. The van der Waals surface area contributed by atoms with Crippen LogP contribution in [-0.4, -0.2) is 45.8 Å². The molecular formula is C29H35ClN4O2. The molecule has 2 aromatic carbocycles. The number of unbranched alkanes of at least 4 members (excludes halogenated alkanes) is 2. The molecule has 2 heterocycles. The van der Waals surface area contributed by atoms with E-state index in [-0.39, 0.29) is 23.7 Å². The molecule has 190 valence electrons. The number of amides is 2. The monoisotopic (exact) mass is 506 g/mol. The zero-order valence-electron chi connectivity index (χ0n) is 20.9. The number of nitrogens with zero attached hydrogens (tertiary/aromatic N) is 2. The van der Waals surface area contributed by atoms with E-state index in [1.807, 2.05) is 35.2 Å². The first-order chi connectivity index (χ1) is 17.5. The van der Waals surface area contributed by atoms with Gasteiger partial charge in [0.15, 0.2) is 0 Å². The van der Waals surface area contributed by atoms with Gasteiger partial charge in [-0.05, 0) is 36.1 Å². The van der Waals surface area contributed by atoms with Crippen molar-refractivity contribution in [3.63, 3.8) is 0 Å². The molecule has 1 fully saturated rings. The van der Waals surface area contributed by atoms with Crippen LogP contribution in [0, 0.1) is 0 Å². The maximum absolute atomic E-state index is 13.7. The number of benzene rings is 2. The fraction of sp³-hybridized carbons (Fsp3) is 0.414. The molecular weight excluding hydrogens is 472 g/mol. The molecule has 0 aliphatic carbocycles. The van der Waals surface area contributed by atoms with Gasteiger partial charge in [-0.3, -0.25) is 9.59 Å². The molecule has 0 unspecified atom stereocenters. The predicted octanol–water partition coefficient (Wildman–Crippen LogP) is 5.08. The van der Waals surface area contributed by atoms with Crippen LogP contribution < -0.4 is 5.32 Å². The number of nitrogens with one attached hydrogen (secondary N) is 2. The molecule has 36 heavy (non-hydrogen) atoms. The Bertz CT molecular complexity index is 1110. The molecule has 1 atom stereocenters. The van der Waals surface area contributed by atoms with Crippen LogP contribution in [0.3, 0.4) is 0 Å². The molecule has 1 aromatic heterocycles. The Kier molecular flexibility index (Phi) is 8.81. The van der Waals surface area contributed by atoms with Gasteiger partial charge in [0, 0.05) is 48.3 Å². The van der Waals surface area contributed by atoms with Crippen LogP contribution >= 0.6 is 11.6 Å². The van der Waals surface area contributed by atoms with Crippen molar-refractivity contribution in [3.05, 3.63) is 89.0 Å². The first kappa shape index (κ1) is 26.0. The minimum Gasteiger partial charge on any atom is -0.348 e. The van der Waals surface area contributed by atoms with Gasteiger partial charge in [-0.15, -0.1) is 0 Å². The van der Waals surface area contributed by atoms with Gasteiger partial charge in [0.25, 0.3) is 0 Å². The molecule has 0 saturated carbocycles. The number of aryl methyl sites for hydroxylation is 1. The normalized spacial score (nSPS) is 15.2. The van der Waals surface area contributed by atoms with E-state index in [1.165, 1.54) is 18.4 Å². The van der Waals surface area contributed by atoms with Gasteiger partial charge >= 0.3 is 0 Å². The average Bonchev–Trinajstić information content (AvgIpc) is 3.39. The minimum absolute atomic E-state index is 0.0124. The lowest BCUT2D eigenvalue weighted by molar-refractivity contribution is -0.143. The van der Waals surface area contributed by atoms with Gasteiger partial charge in [0.1, 0.15) is 6.04 Å². The highest BCUT2D eigenvalue weighted by molar-refractivity contribution is 6.30. The van der Waals surface area contributed by atoms with Crippen molar-refractivity contribution in [2.45, 2.75) is 63.3 Å². The Morgan fingerprint density at radius 1 is 1.11 bits per heavy atom. The SMILES string of the molecule is CCCCCC1(c2ccccc2)CN(C(=O)[C@@H](Cc2ccc(Cl)cc2)NC(=O)CCc2cnc[nH]2)C1. The topological polar surface area (TPSA) is 78.1 Å².